The van der Waals surface area contributed by atoms with Crippen LogP contribution in [0.2, 0.25) is 0 Å². The fraction of sp³-hybridized carbons (Fsp3) is 0.214. The minimum absolute atomic E-state index is 0.211. The zero-order valence-corrected chi connectivity index (χ0v) is 11.2. The normalized spacial score (nSPS) is 11.7. The summed E-state index contributed by atoms with van der Waals surface area (Å²) in [6.07, 6.45) is -4.73. The fourth-order valence-electron chi connectivity index (χ4n) is 1.79. The Morgan fingerprint density at radius 1 is 1.15 bits per heavy atom. The lowest BCUT2D eigenvalue weighted by Gasteiger charge is -2.11. The van der Waals surface area contributed by atoms with E-state index in [4.69, 9.17) is 11.6 Å². The summed E-state index contributed by atoms with van der Waals surface area (Å²) in [6, 6.07) is 6.09. The van der Waals surface area contributed by atoms with Gasteiger partial charge in [-0.1, -0.05) is 6.07 Å². The van der Waals surface area contributed by atoms with Gasteiger partial charge in [0, 0.05) is 17.1 Å². The Hall–Kier alpha value is -1.62. The summed E-state index contributed by atoms with van der Waals surface area (Å²) in [5, 5.41) is 0. The van der Waals surface area contributed by atoms with Crippen LogP contribution in [0.4, 0.5) is 17.6 Å². The lowest BCUT2D eigenvalue weighted by molar-refractivity contribution is -0.139. The SMILES string of the molecule is Cc1nc(-c2ccc(F)c(C(F)(F)F)c2)ccc1CCl. The zero-order chi connectivity index (χ0) is 14.9. The maximum absolute atomic E-state index is 13.2. The standard InChI is InChI=1S/C14H10ClF4N/c1-8-10(7-15)3-5-13(20-8)9-2-4-12(16)11(6-9)14(17,18)19/h2-6H,7H2,1H3. The molecule has 0 fully saturated rings. The Morgan fingerprint density at radius 3 is 2.40 bits per heavy atom. The van der Waals surface area contributed by atoms with Crippen LogP contribution in [0.1, 0.15) is 16.8 Å². The molecule has 0 bridgehead atoms. The first-order valence-corrected chi connectivity index (χ1v) is 6.26. The molecule has 2 aromatic rings. The molecule has 1 aromatic heterocycles. The third kappa shape index (κ3) is 2.93. The lowest BCUT2D eigenvalue weighted by atomic mass is 10.1. The van der Waals surface area contributed by atoms with Crippen molar-refractivity contribution in [1.29, 1.82) is 0 Å². The summed E-state index contributed by atoms with van der Waals surface area (Å²) in [7, 11) is 0. The molecule has 6 heteroatoms. The van der Waals surface area contributed by atoms with Gasteiger partial charge in [0.05, 0.1) is 11.3 Å². The van der Waals surface area contributed by atoms with Crippen LogP contribution in [0, 0.1) is 12.7 Å². The summed E-state index contributed by atoms with van der Waals surface area (Å²) in [6.45, 7) is 1.72. The number of hydrogen-bond acceptors (Lipinski definition) is 1. The van der Waals surface area contributed by atoms with E-state index in [1.54, 1.807) is 19.1 Å². The van der Waals surface area contributed by atoms with Gasteiger partial charge in [-0.25, -0.2) is 4.39 Å². The van der Waals surface area contributed by atoms with Crippen LogP contribution >= 0.6 is 11.6 Å². The van der Waals surface area contributed by atoms with Crippen molar-refractivity contribution in [3.8, 4) is 11.3 Å². The molecule has 1 heterocycles. The van der Waals surface area contributed by atoms with E-state index < -0.39 is 17.6 Å². The Morgan fingerprint density at radius 2 is 1.85 bits per heavy atom. The molecule has 0 unspecified atom stereocenters. The predicted octanol–water partition coefficient (Wildman–Crippen LogP) is 4.95. The number of aromatic nitrogens is 1. The minimum atomic E-state index is -4.73. The van der Waals surface area contributed by atoms with Crippen molar-refractivity contribution in [3.63, 3.8) is 0 Å². The molecule has 0 amide bonds. The number of rotatable bonds is 2. The van der Waals surface area contributed by atoms with Gasteiger partial charge in [0.25, 0.3) is 0 Å². The number of nitrogens with zero attached hydrogens (tertiary/aromatic N) is 1. The van der Waals surface area contributed by atoms with E-state index in [9.17, 15) is 17.6 Å². The highest BCUT2D eigenvalue weighted by molar-refractivity contribution is 6.17. The van der Waals surface area contributed by atoms with Crippen molar-refractivity contribution in [1.82, 2.24) is 4.98 Å². The largest absolute Gasteiger partial charge is 0.419 e. The number of halogens is 5. The molecule has 0 aliphatic carbocycles. The second-order valence-electron chi connectivity index (χ2n) is 4.27. The Labute approximate surface area is 118 Å². The number of hydrogen-bond donors (Lipinski definition) is 0. The van der Waals surface area contributed by atoms with Crippen LogP contribution in [-0.2, 0) is 12.1 Å². The average molecular weight is 304 g/mol. The highest BCUT2D eigenvalue weighted by atomic mass is 35.5. The molecule has 20 heavy (non-hydrogen) atoms. The van der Waals surface area contributed by atoms with E-state index >= 15 is 0 Å². The molecule has 0 atom stereocenters. The summed E-state index contributed by atoms with van der Waals surface area (Å²) >= 11 is 5.70. The minimum Gasteiger partial charge on any atom is -0.253 e. The van der Waals surface area contributed by atoms with Gasteiger partial charge in [0.2, 0.25) is 0 Å². The molecule has 0 aliphatic heterocycles. The summed E-state index contributed by atoms with van der Waals surface area (Å²) in [5.41, 5.74) is 0.699. The van der Waals surface area contributed by atoms with Gasteiger partial charge in [0.15, 0.2) is 0 Å². The quantitative estimate of drug-likeness (QED) is 0.565. The smallest absolute Gasteiger partial charge is 0.253 e. The van der Waals surface area contributed by atoms with Crippen molar-refractivity contribution < 1.29 is 17.6 Å². The topological polar surface area (TPSA) is 12.9 Å². The second-order valence-corrected chi connectivity index (χ2v) is 4.53. The average Bonchev–Trinajstić information content (AvgIpc) is 2.37. The number of pyridine rings is 1. The van der Waals surface area contributed by atoms with Gasteiger partial charge in [-0.15, -0.1) is 11.6 Å². The van der Waals surface area contributed by atoms with Gasteiger partial charge >= 0.3 is 6.18 Å². The predicted molar refractivity (Wildman–Crippen MR) is 68.9 cm³/mol. The maximum atomic E-state index is 13.2. The van der Waals surface area contributed by atoms with Crippen LogP contribution < -0.4 is 0 Å². The highest BCUT2D eigenvalue weighted by Gasteiger charge is 2.34. The lowest BCUT2D eigenvalue weighted by Crippen LogP contribution is -2.08. The van der Waals surface area contributed by atoms with E-state index in [0.717, 1.165) is 17.7 Å². The summed E-state index contributed by atoms with van der Waals surface area (Å²) in [5.74, 6) is -1.02. The maximum Gasteiger partial charge on any atom is 0.419 e. The van der Waals surface area contributed by atoms with Crippen molar-refractivity contribution in [3.05, 3.63) is 53.0 Å². The highest BCUT2D eigenvalue weighted by Crippen LogP contribution is 2.34. The van der Waals surface area contributed by atoms with Crippen molar-refractivity contribution >= 4 is 11.6 Å². The van der Waals surface area contributed by atoms with E-state index in [1.165, 1.54) is 6.07 Å². The Balaban J connectivity index is 2.51. The molecule has 2 rings (SSSR count). The number of alkyl halides is 4. The van der Waals surface area contributed by atoms with Crippen LogP contribution in [0.3, 0.4) is 0 Å². The molecule has 0 saturated carbocycles. The van der Waals surface area contributed by atoms with Crippen molar-refractivity contribution in [2.45, 2.75) is 19.0 Å². The third-order valence-corrected chi connectivity index (χ3v) is 3.19. The first-order chi connectivity index (χ1) is 9.32. The fourth-order valence-corrected chi connectivity index (χ4v) is 2.08. The summed E-state index contributed by atoms with van der Waals surface area (Å²) in [4.78, 5) is 4.19. The monoisotopic (exact) mass is 303 g/mol. The third-order valence-electron chi connectivity index (χ3n) is 2.91. The van der Waals surface area contributed by atoms with Crippen molar-refractivity contribution in [2.24, 2.45) is 0 Å². The molecule has 1 nitrogen and oxygen atoms in total. The van der Waals surface area contributed by atoms with E-state index in [2.05, 4.69) is 4.98 Å². The van der Waals surface area contributed by atoms with Gasteiger partial charge in [-0.05, 0) is 36.8 Å². The molecule has 106 valence electrons. The zero-order valence-electron chi connectivity index (χ0n) is 10.4. The Bertz CT molecular complexity index is 638. The van der Waals surface area contributed by atoms with Crippen LogP contribution in [0.15, 0.2) is 30.3 Å². The summed E-state index contributed by atoms with van der Waals surface area (Å²) < 4.78 is 51.2. The second kappa shape index (κ2) is 5.40. The molecule has 0 N–H and O–H groups in total. The molecule has 0 radical (unpaired) electrons. The van der Waals surface area contributed by atoms with Crippen LogP contribution in [0.5, 0.6) is 0 Å². The molecule has 0 saturated heterocycles. The molecule has 0 aliphatic rings. The molecular formula is C14H10ClF4N. The van der Waals surface area contributed by atoms with Gasteiger partial charge in [-0.2, -0.15) is 13.2 Å². The molecule has 0 spiro atoms. The Kier molecular flexibility index (Phi) is 3.99. The number of benzene rings is 1. The van der Waals surface area contributed by atoms with E-state index in [0.29, 0.717) is 11.4 Å². The van der Waals surface area contributed by atoms with Crippen LogP contribution in [-0.4, -0.2) is 4.98 Å². The number of aryl methyl sites for hydroxylation is 1. The first kappa shape index (κ1) is 14.8. The van der Waals surface area contributed by atoms with Gasteiger partial charge in [0.1, 0.15) is 5.82 Å². The van der Waals surface area contributed by atoms with Gasteiger partial charge in [-0.3, -0.25) is 4.98 Å². The van der Waals surface area contributed by atoms with Gasteiger partial charge < -0.3 is 0 Å². The van der Waals surface area contributed by atoms with E-state index in [1.807, 2.05) is 0 Å². The molecular weight excluding hydrogens is 294 g/mol. The van der Waals surface area contributed by atoms with E-state index in [-0.39, 0.29) is 11.4 Å². The van der Waals surface area contributed by atoms with Crippen molar-refractivity contribution in [2.75, 3.05) is 0 Å². The molecule has 1 aromatic carbocycles. The van der Waals surface area contributed by atoms with Crippen LogP contribution in [0.25, 0.3) is 11.3 Å². The first-order valence-electron chi connectivity index (χ1n) is 5.72.